The van der Waals surface area contributed by atoms with E-state index in [1.807, 2.05) is 49.4 Å². The molecule has 0 aromatic heterocycles. The van der Waals surface area contributed by atoms with Crippen LogP contribution in [0.25, 0.3) is 0 Å². The summed E-state index contributed by atoms with van der Waals surface area (Å²) in [7, 11) is 0. The fourth-order valence-corrected chi connectivity index (χ4v) is 2.73. The van der Waals surface area contributed by atoms with Crippen molar-refractivity contribution in [2.75, 3.05) is 0 Å². The number of benzene rings is 2. The Bertz CT molecular complexity index is 525. The average molecular weight is 265 g/mol. The van der Waals surface area contributed by atoms with Gasteiger partial charge in [-0.1, -0.05) is 47.6 Å². The Kier molecular flexibility index (Phi) is 4.11. The van der Waals surface area contributed by atoms with Crippen molar-refractivity contribution in [2.24, 2.45) is 0 Å². The highest BCUT2D eigenvalue weighted by atomic mass is 35.5. The van der Waals surface area contributed by atoms with E-state index in [2.05, 4.69) is 0 Å². The van der Waals surface area contributed by atoms with Crippen LogP contribution in [0, 0.1) is 6.92 Å². The molecule has 0 aliphatic carbocycles. The molecule has 0 amide bonds. The quantitative estimate of drug-likeness (QED) is 0.892. The van der Waals surface area contributed by atoms with Crippen LogP contribution in [0.1, 0.15) is 11.1 Å². The molecule has 0 aliphatic heterocycles. The number of aliphatic hydroxyl groups excluding tert-OH is 1. The molecule has 1 N–H and O–H groups in total. The zero-order chi connectivity index (χ0) is 12.3. The van der Waals surface area contributed by atoms with Crippen LogP contribution >= 0.6 is 23.4 Å². The van der Waals surface area contributed by atoms with Gasteiger partial charge in [0.05, 0.1) is 11.6 Å². The monoisotopic (exact) mass is 264 g/mol. The molecule has 1 nitrogen and oxygen atoms in total. The smallest absolute Gasteiger partial charge is 0.0681 e. The van der Waals surface area contributed by atoms with Gasteiger partial charge >= 0.3 is 0 Å². The van der Waals surface area contributed by atoms with Crippen LogP contribution in [-0.4, -0.2) is 5.11 Å². The fraction of sp³-hybridized carbons (Fsp3) is 0.143. The van der Waals surface area contributed by atoms with Gasteiger partial charge in [-0.2, -0.15) is 0 Å². The maximum atomic E-state index is 9.06. The highest BCUT2D eigenvalue weighted by molar-refractivity contribution is 7.99. The van der Waals surface area contributed by atoms with Crippen molar-refractivity contribution in [1.29, 1.82) is 0 Å². The number of rotatable bonds is 3. The first-order chi connectivity index (χ1) is 8.20. The highest BCUT2D eigenvalue weighted by Crippen LogP contribution is 2.34. The third kappa shape index (κ3) is 3.03. The number of hydrogen-bond acceptors (Lipinski definition) is 2. The molecule has 3 heteroatoms. The summed E-state index contributed by atoms with van der Waals surface area (Å²) < 4.78 is 0. The Morgan fingerprint density at radius 3 is 2.53 bits per heavy atom. The summed E-state index contributed by atoms with van der Waals surface area (Å²) in [6.45, 7) is 2.12. The summed E-state index contributed by atoms with van der Waals surface area (Å²) in [5, 5.41) is 9.83. The molecule has 0 heterocycles. The lowest BCUT2D eigenvalue weighted by atomic mass is 10.1. The van der Waals surface area contributed by atoms with Gasteiger partial charge < -0.3 is 5.11 Å². The Labute approximate surface area is 110 Å². The van der Waals surface area contributed by atoms with Gasteiger partial charge in [-0.3, -0.25) is 0 Å². The summed E-state index contributed by atoms with van der Waals surface area (Å²) in [6, 6.07) is 13.8. The van der Waals surface area contributed by atoms with Crippen LogP contribution in [0.5, 0.6) is 0 Å². The van der Waals surface area contributed by atoms with E-state index in [-0.39, 0.29) is 6.61 Å². The van der Waals surface area contributed by atoms with E-state index in [0.717, 1.165) is 25.9 Å². The first-order valence-corrected chi connectivity index (χ1v) is 6.53. The van der Waals surface area contributed by atoms with E-state index in [0.29, 0.717) is 0 Å². The minimum Gasteiger partial charge on any atom is -0.392 e. The van der Waals surface area contributed by atoms with Gasteiger partial charge in [0, 0.05) is 9.79 Å². The van der Waals surface area contributed by atoms with Gasteiger partial charge in [-0.25, -0.2) is 0 Å². The summed E-state index contributed by atoms with van der Waals surface area (Å²) in [6.07, 6.45) is 0. The molecule has 2 rings (SSSR count). The predicted molar refractivity (Wildman–Crippen MR) is 72.7 cm³/mol. The number of aliphatic hydroxyl groups is 1. The Morgan fingerprint density at radius 2 is 1.88 bits per heavy atom. The second kappa shape index (κ2) is 5.58. The van der Waals surface area contributed by atoms with Gasteiger partial charge in [-0.15, -0.1) is 0 Å². The molecule has 0 saturated carbocycles. The second-order valence-electron chi connectivity index (χ2n) is 3.79. The SMILES string of the molecule is Cc1cc(CO)ccc1Sc1ccccc1Cl. The summed E-state index contributed by atoms with van der Waals surface area (Å²) in [4.78, 5) is 2.21. The largest absolute Gasteiger partial charge is 0.392 e. The van der Waals surface area contributed by atoms with E-state index >= 15 is 0 Å². The molecule has 0 radical (unpaired) electrons. The molecule has 0 fully saturated rings. The molecule has 88 valence electrons. The first-order valence-electron chi connectivity index (χ1n) is 5.33. The van der Waals surface area contributed by atoms with Gasteiger partial charge in [0.2, 0.25) is 0 Å². The average Bonchev–Trinajstić information content (AvgIpc) is 2.34. The topological polar surface area (TPSA) is 20.2 Å². The van der Waals surface area contributed by atoms with Crippen molar-refractivity contribution in [1.82, 2.24) is 0 Å². The van der Waals surface area contributed by atoms with Crippen LogP contribution in [-0.2, 0) is 6.61 Å². The van der Waals surface area contributed by atoms with Crippen LogP contribution in [0.15, 0.2) is 52.3 Å². The third-order valence-electron chi connectivity index (χ3n) is 2.48. The molecule has 0 unspecified atom stereocenters. The van der Waals surface area contributed by atoms with E-state index in [1.54, 1.807) is 11.8 Å². The molecule has 2 aromatic carbocycles. The minimum atomic E-state index is 0.0812. The summed E-state index contributed by atoms with van der Waals surface area (Å²) in [5.74, 6) is 0. The molecule has 0 bridgehead atoms. The Morgan fingerprint density at radius 1 is 1.12 bits per heavy atom. The van der Waals surface area contributed by atoms with Gasteiger partial charge in [-0.05, 0) is 36.2 Å². The molecular formula is C14H13ClOS. The van der Waals surface area contributed by atoms with E-state index < -0.39 is 0 Å². The van der Waals surface area contributed by atoms with Gasteiger partial charge in [0.25, 0.3) is 0 Å². The van der Waals surface area contributed by atoms with Gasteiger partial charge in [0.1, 0.15) is 0 Å². The van der Waals surface area contributed by atoms with Crippen molar-refractivity contribution in [3.05, 3.63) is 58.6 Å². The minimum absolute atomic E-state index is 0.0812. The first kappa shape index (κ1) is 12.5. The van der Waals surface area contributed by atoms with Crippen molar-refractivity contribution in [3.8, 4) is 0 Å². The number of aryl methyl sites for hydroxylation is 1. The summed E-state index contributed by atoms with van der Waals surface area (Å²) in [5.41, 5.74) is 2.09. The number of halogens is 1. The molecular weight excluding hydrogens is 252 g/mol. The zero-order valence-electron chi connectivity index (χ0n) is 9.48. The third-order valence-corrected chi connectivity index (χ3v) is 4.17. The normalized spacial score (nSPS) is 10.5. The van der Waals surface area contributed by atoms with E-state index in [4.69, 9.17) is 16.7 Å². The van der Waals surface area contributed by atoms with Crippen LogP contribution in [0.2, 0.25) is 5.02 Å². The van der Waals surface area contributed by atoms with E-state index in [9.17, 15) is 0 Å². The molecule has 0 saturated heterocycles. The van der Waals surface area contributed by atoms with Crippen LogP contribution in [0.4, 0.5) is 0 Å². The van der Waals surface area contributed by atoms with Gasteiger partial charge in [0.15, 0.2) is 0 Å². The van der Waals surface area contributed by atoms with Crippen molar-refractivity contribution < 1.29 is 5.11 Å². The van der Waals surface area contributed by atoms with Crippen molar-refractivity contribution >= 4 is 23.4 Å². The van der Waals surface area contributed by atoms with Crippen LogP contribution in [0.3, 0.4) is 0 Å². The maximum absolute atomic E-state index is 9.06. The summed E-state index contributed by atoms with van der Waals surface area (Å²) >= 11 is 7.77. The lowest BCUT2D eigenvalue weighted by Gasteiger charge is -2.08. The lowest BCUT2D eigenvalue weighted by Crippen LogP contribution is -1.86. The van der Waals surface area contributed by atoms with Crippen LogP contribution < -0.4 is 0 Å². The Hall–Kier alpha value is -0.960. The predicted octanol–water partition coefficient (Wildman–Crippen LogP) is 4.29. The fourth-order valence-electron chi connectivity index (χ4n) is 1.57. The lowest BCUT2D eigenvalue weighted by molar-refractivity contribution is 0.281. The van der Waals surface area contributed by atoms with Crippen molar-refractivity contribution in [2.45, 2.75) is 23.3 Å². The highest BCUT2D eigenvalue weighted by Gasteiger charge is 2.05. The molecule has 0 atom stereocenters. The van der Waals surface area contributed by atoms with Crippen molar-refractivity contribution in [3.63, 3.8) is 0 Å². The number of hydrogen-bond donors (Lipinski definition) is 1. The zero-order valence-corrected chi connectivity index (χ0v) is 11.1. The molecule has 17 heavy (non-hydrogen) atoms. The standard InChI is InChI=1S/C14H13ClOS/c1-10-8-11(9-16)6-7-13(10)17-14-5-3-2-4-12(14)15/h2-8,16H,9H2,1H3. The Balaban J connectivity index is 2.28. The second-order valence-corrected chi connectivity index (χ2v) is 5.28. The molecule has 0 spiro atoms. The van der Waals surface area contributed by atoms with E-state index in [1.165, 1.54) is 0 Å². The molecule has 0 aliphatic rings. The maximum Gasteiger partial charge on any atom is 0.0681 e. The molecule has 2 aromatic rings.